The number of phenolic OH excluding ortho intramolecular Hbond substituents is 1. The maximum absolute atomic E-state index is 12.2. The number of H-pyrrole nitrogens is 1. The Balaban J connectivity index is 1.63. The zero-order valence-electron chi connectivity index (χ0n) is 14.0. The van der Waals surface area contributed by atoms with E-state index in [0.717, 1.165) is 22.1 Å². The zero-order valence-corrected chi connectivity index (χ0v) is 16.4. The molecule has 0 aliphatic heterocycles. The molecule has 1 aromatic heterocycles. The van der Waals surface area contributed by atoms with Crippen molar-refractivity contribution in [2.45, 2.75) is 18.5 Å². The number of carbonyl (C=O) groups excluding carboxylic acids is 1. The number of hydrogen-bond acceptors (Lipinski definition) is 5. The number of para-hydroxylation sites is 1. The van der Waals surface area contributed by atoms with Crippen LogP contribution in [0.5, 0.6) is 5.75 Å². The second-order valence-corrected chi connectivity index (χ2v) is 7.33. The number of aromatic nitrogens is 3. The Kier molecular flexibility index (Phi) is 5.95. The Morgan fingerprint density at radius 3 is 2.92 bits per heavy atom. The lowest BCUT2D eigenvalue weighted by atomic mass is 10.1. The van der Waals surface area contributed by atoms with Crippen LogP contribution >= 0.6 is 27.7 Å². The summed E-state index contributed by atoms with van der Waals surface area (Å²) in [6, 6.07) is 12.8. The number of thioether (sulfide) groups is 1. The van der Waals surface area contributed by atoms with Crippen LogP contribution in [0.15, 0.2) is 52.1 Å². The van der Waals surface area contributed by atoms with Gasteiger partial charge in [-0.3, -0.25) is 9.89 Å². The van der Waals surface area contributed by atoms with Crippen LogP contribution in [0.1, 0.15) is 12.5 Å². The first-order valence-corrected chi connectivity index (χ1v) is 9.76. The molecule has 6 nitrogen and oxygen atoms in total. The van der Waals surface area contributed by atoms with E-state index in [9.17, 15) is 9.90 Å². The third kappa shape index (κ3) is 4.44. The van der Waals surface area contributed by atoms with Crippen molar-refractivity contribution in [3.05, 3.63) is 52.5 Å². The van der Waals surface area contributed by atoms with E-state index in [1.165, 1.54) is 11.8 Å². The summed E-state index contributed by atoms with van der Waals surface area (Å²) in [6.07, 6.45) is 0.851. The van der Waals surface area contributed by atoms with Gasteiger partial charge in [0.2, 0.25) is 11.1 Å². The van der Waals surface area contributed by atoms with Crippen LogP contribution in [-0.2, 0) is 11.2 Å². The van der Waals surface area contributed by atoms with Gasteiger partial charge in [0, 0.05) is 10.2 Å². The molecule has 3 N–H and O–H groups in total. The standard InChI is InChI=1S/C18H17BrN4O2S/c1-2-11-5-3-4-6-14(11)20-16(25)10-26-18-21-17(22-23-18)13-9-12(19)7-8-15(13)24/h3-9,24H,2,10H2,1H3,(H,20,25)(H,21,22,23). The van der Waals surface area contributed by atoms with Crippen molar-refractivity contribution < 1.29 is 9.90 Å². The van der Waals surface area contributed by atoms with E-state index in [0.29, 0.717) is 16.5 Å². The average molecular weight is 433 g/mol. The molecule has 2 aromatic carbocycles. The number of phenols is 1. The van der Waals surface area contributed by atoms with Crippen molar-refractivity contribution in [1.29, 1.82) is 0 Å². The molecule has 0 bridgehead atoms. The maximum atomic E-state index is 12.2. The van der Waals surface area contributed by atoms with Crippen LogP contribution in [0, 0.1) is 0 Å². The summed E-state index contributed by atoms with van der Waals surface area (Å²) in [5.74, 6) is 0.630. The quantitative estimate of drug-likeness (QED) is 0.506. The molecule has 0 unspecified atom stereocenters. The molecule has 0 saturated heterocycles. The number of nitrogens with one attached hydrogen (secondary N) is 2. The molecule has 0 aliphatic rings. The summed E-state index contributed by atoms with van der Waals surface area (Å²) in [5.41, 5.74) is 2.46. The SMILES string of the molecule is CCc1ccccc1NC(=O)CSc1n[nH]c(-c2cc(Br)ccc2O)n1. The molecule has 0 fully saturated rings. The molecule has 134 valence electrons. The second-order valence-electron chi connectivity index (χ2n) is 5.48. The Labute approximate surface area is 163 Å². The van der Waals surface area contributed by atoms with Gasteiger partial charge in [0.05, 0.1) is 11.3 Å². The number of nitrogens with zero attached hydrogens (tertiary/aromatic N) is 2. The third-order valence-electron chi connectivity index (χ3n) is 3.68. The van der Waals surface area contributed by atoms with Crippen LogP contribution in [0.3, 0.4) is 0 Å². The minimum Gasteiger partial charge on any atom is -0.507 e. The molecule has 0 radical (unpaired) electrons. The lowest BCUT2D eigenvalue weighted by Crippen LogP contribution is -2.15. The minimum atomic E-state index is -0.118. The first-order chi connectivity index (χ1) is 12.6. The molecule has 0 spiro atoms. The van der Waals surface area contributed by atoms with Crippen molar-refractivity contribution in [2.24, 2.45) is 0 Å². The predicted molar refractivity (Wildman–Crippen MR) is 106 cm³/mol. The van der Waals surface area contributed by atoms with Crippen molar-refractivity contribution in [3.8, 4) is 17.1 Å². The number of halogens is 1. The molecule has 1 heterocycles. The predicted octanol–water partition coefficient (Wildman–Crippen LogP) is 4.23. The normalized spacial score (nSPS) is 10.7. The number of amides is 1. The summed E-state index contributed by atoms with van der Waals surface area (Å²) >= 11 is 4.59. The summed E-state index contributed by atoms with van der Waals surface area (Å²) < 4.78 is 0.824. The van der Waals surface area contributed by atoms with Crippen LogP contribution < -0.4 is 5.32 Å². The van der Waals surface area contributed by atoms with Gasteiger partial charge in [0.1, 0.15) is 5.75 Å². The van der Waals surface area contributed by atoms with Gasteiger partial charge >= 0.3 is 0 Å². The molecular formula is C18H17BrN4O2S. The number of aromatic amines is 1. The molecular weight excluding hydrogens is 416 g/mol. The fourth-order valence-electron chi connectivity index (χ4n) is 2.40. The van der Waals surface area contributed by atoms with Crippen LogP contribution in [-0.4, -0.2) is 31.9 Å². The molecule has 8 heteroatoms. The van der Waals surface area contributed by atoms with E-state index in [1.54, 1.807) is 18.2 Å². The van der Waals surface area contributed by atoms with Gasteiger partial charge in [0.25, 0.3) is 0 Å². The van der Waals surface area contributed by atoms with E-state index in [-0.39, 0.29) is 17.4 Å². The number of benzene rings is 2. The Morgan fingerprint density at radius 2 is 2.12 bits per heavy atom. The third-order valence-corrected chi connectivity index (χ3v) is 5.02. The molecule has 3 aromatic rings. The minimum absolute atomic E-state index is 0.106. The molecule has 0 aliphatic carbocycles. The molecule has 0 saturated carbocycles. The van der Waals surface area contributed by atoms with Crippen molar-refractivity contribution in [3.63, 3.8) is 0 Å². The summed E-state index contributed by atoms with van der Waals surface area (Å²) in [7, 11) is 0. The highest BCUT2D eigenvalue weighted by atomic mass is 79.9. The van der Waals surface area contributed by atoms with Crippen molar-refractivity contribution in [2.75, 3.05) is 11.1 Å². The fourth-order valence-corrected chi connectivity index (χ4v) is 3.36. The Morgan fingerprint density at radius 1 is 1.31 bits per heavy atom. The van der Waals surface area contributed by atoms with Crippen LogP contribution in [0.4, 0.5) is 5.69 Å². The first-order valence-electron chi connectivity index (χ1n) is 7.98. The summed E-state index contributed by atoms with van der Waals surface area (Å²) in [6.45, 7) is 2.05. The number of rotatable bonds is 6. The second kappa shape index (κ2) is 8.37. The smallest absolute Gasteiger partial charge is 0.234 e. The number of hydrogen-bond donors (Lipinski definition) is 3. The highest BCUT2D eigenvalue weighted by molar-refractivity contribution is 9.10. The van der Waals surface area contributed by atoms with E-state index in [2.05, 4.69) is 36.4 Å². The number of aryl methyl sites for hydroxylation is 1. The van der Waals surface area contributed by atoms with E-state index in [4.69, 9.17) is 0 Å². The van der Waals surface area contributed by atoms with Gasteiger partial charge in [0.15, 0.2) is 5.82 Å². The highest BCUT2D eigenvalue weighted by Crippen LogP contribution is 2.30. The fraction of sp³-hybridized carbons (Fsp3) is 0.167. The van der Waals surface area contributed by atoms with Gasteiger partial charge in [-0.25, -0.2) is 4.98 Å². The molecule has 0 atom stereocenters. The molecule has 3 rings (SSSR count). The monoisotopic (exact) mass is 432 g/mol. The summed E-state index contributed by atoms with van der Waals surface area (Å²) in [5, 5.41) is 20.2. The number of carbonyl (C=O) groups is 1. The lowest BCUT2D eigenvalue weighted by Gasteiger charge is -2.08. The Hall–Kier alpha value is -2.32. The average Bonchev–Trinajstić information content (AvgIpc) is 3.11. The van der Waals surface area contributed by atoms with Gasteiger partial charge < -0.3 is 10.4 Å². The highest BCUT2D eigenvalue weighted by Gasteiger charge is 2.13. The van der Waals surface area contributed by atoms with E-state index in [1.807, 2.05) is 31.2 Å². The number of aromatic hydroxyl groups is 1. The van der Waals surface area contributed by atoms with Gasteiger partial charge in [-0.1, -0.05) is 52.8 Å². The van der Waals surface area contributed by atoms with Crippen molar-refractivity contribution in [1.82, 2.24) is 15.2 Å². The van der Waals surface area contributed by atoms with Gasteiger partial charge in [-0.15, -0.1) is 5.10 Å². The largest absolute Gasteiger partial charge is 0.507 e. The molecule has 26 heavy (non-hydrogen) atoms. The van der Waals surface area contributed by atoms with Gasteiger partial charge in [-0.05, 0) is 36.2 Å². The van der Waals surface area contributed by atoms with E-state index < -0.39 is 0 Å². The number of anilines is 1. The maximum Gasteiger partial charge on any atom is 0.234 e. The van der Waals surface area contributed by atoms with Crippen LogP contribution in [0.2, 0.25) is 0 Å². The van der Waals surface area contributed by atoms with Gasteiger partial charge in [-0.2, -0.15) is 0 Å². The first kappa shape index (κ1) is 18.5. The summed E-state index contributed by atoms with van der Waals surface area (Å²) in [4.78, 5) is 16.5. The van der Waals surface area contributed by atoms with E-state index >= 15 is 0 Å². The topological polar surface area (TPSA) is 90.9 Å². The van der Waals surface area contributed by atoms with Crippen molar-refractivity contribution >= 4 is 39.3 Å². The lowest BCUT2D eigenvalue weighted by molar-refractivity contribution is -0.113. The Bertz CT molecular complexity index is 929. The zero-order chi connectivity index (χ0) is 18.5. The van der Waals surface area contributed by atoms with Crippen LogP contribution in [0.25, 0.3) is 11.4 Å². The molecule has 1 amide bonds.